The highest BCUT2D eigenvalue weighted by atomic mass is 16.5. The molecule has 3 unspecified atom stereocenters. The van der Waals surface area contributed by atoms with Crippen molar-refractivity contribution < 1.29 is 30.3 Å². The third-order valence-electron chi connectivity index (χ3n) is 5.83. The second-order valence-corrected chi connectivity index (χ2v) is 9.71. The van der Waals surface area contributed by atoms with Gasteiger partial charge in [0, 0.05) is 6.42 Å². The van der Waals surface area contributed by atoms with E-state index in [2.05, 4.69) is 27.7 Å². The fraction of sp³-hybridized carbons (Fsp3) is 0.958. The largest absolute Gasteiger partial charge is 0.463 e. The van der Waals surface area contributed by atoms with E-state index >= 15 is 0 Å². The second kappa shape index (κ2) is 19.0. The van der Waals surface area contributed by atoms with E-state index < -0.39 is 18.8 Å². The number of hydrogen-bond donors (Lipinski definition) is 3. The average molecular weight is 435 g/mol. The van der Waals surface area contributed by atoms with Crippen LogP contribution in [0.15, 0.2) is 0 Å². The lowest BCUT2D eigenvalue weighted by atomic mass is 9.91. The molecule has 0 aromatic heterocycles. The van der Waals surface area contributed by atoms with Crippen molar-refractivity contribution in [1.82, 2.24) is 0 Å². The fourth-order valence-electron chi connectivity index (χ4n) is 3.65. The van der Waals surface area contributed by atoms with Crippen LogP contribution in [0.4, 0.5) is 0 Å². The minimum atomic E-state index is -1.27. The van der Waals surface area contributed by atoms with Gasteiger partial charge in [0.05, 0.1) is 6.61 Å². The molecule has 0 saturated heterocycles. The summed E-state index contributed by atoms with van der Waals surface area (Å²) < 4.78 is 4.98. The van der Waals surface area contributed by atoms with Crippen LogP contribution in [0.1, 0.15) is 98.8 Å². The van der Waals surface area contributed by atoms with Gasteiger partial charge in [-0.3, -0.25) is 4.79 Å². The number of ether oxygens (including phenoxy) is 1. The summed E-state index contributed by atoms with van der Waals surface area (Å²) in [5, 5.41) is 27.5. The van der Waals surface area contributed by atoms with Crippen LogP contribution in [0.5, 0.6) is 0 Å². The van der Waals surface area contributed by atoms with Gasteiger partial charge in [-0.2, -0.15) is 0 Å². The molecule has 0 aliphatic carbocycles. The van der Waals surface area contributed by atoms with E-state index in [4.69, 9.17) is 9.84 Å². The first kappa shape index (κ1) is 31.5. The van der Waals surface area contributed by atoms with Crippen molar-refractivity contribution in [2.24, 2.45) is 23.7 Å². The Morgan fingerprint density at radius 3 is 1.60 bits per heavy atom. The average Bonchev–Trinajstić information content (AvgIpc) is 2.65. The van der Waals surface area contributed by atoms with Crippen molar-refractivity contribution in [1.29, 1.82) is 0 Å². The Balaban J connectivity index is 0. The minimum absolute atomic E-state index is 0. The summed E-state index contributed by atoms with van der Waals surface area (Å²) in [6, 6.07) is 0. The summed E-state index contributed by atoms with van der Waals surface area (Å²) in [6.07, 6.45) is 9.11. The van der Waals surface area contributed by atoms with Crippen LogP contribution in [-0.2, 0) is 9.53 Å². The number of aliphatic hydroxyl groups excluding tert-OH is 3. The number of carbonyl (C=O) groups is 1. The predicted octanol–water partition coefficient (Wildman–Crippen LogP) is 3.88. The highest BCUT2D eigenvalue weighted by Gasteiger charge is 2.18. The first-order chi connectivity index (χ1) is 13.6. The van der Waals surface area contributed by atoms with Gasteiger partial charge in [-0.25, -0.2) is 0 Å². The fourth-order valence-corrected chi connectivity index (χ4v) is 3.65. The second-order valence-electron chi connectivity index (χ2n) is 9.71. The first-order valence-electron chi connectivity index (χ1n) is 11.8. The summed E-state index contributed by atoms with van der Waals surface area (Å²) in [7, 11) is 0. The molecule has 5 atom stereocenters. The Bertz CT molecular complexity index is 401. The van der Waals surface area contributed by atoms with Crippen LogP contribution in [-0.4, -0.2) is 52.2 Å². The molecule has 30 heavy (non-hydrogen) atoms. The van der Waals surface area contributed by atoms with Gasteiger partial charge in [0.25, 0.3) is 0 Å². The van der Waals surface area contributed by atoms with Crippen LogP contribution in [0.25, 0.3) is 0 Å². The maximum Gasteiger partial charge on any atom is 0.306 e. The number of hydrogen-bond acceptors (Lipinski definition) is 5. The van der Waals surface area contributed by atoms with E-state index in [0.717, 1.165) is 30.6 Å². The lowest BCUT2D eigenvalue weighted by Crippen LogP contribution is -2.34. The van der Waals surface area contributed by atoms with Crippen LogP contribution in [0.2, 0.25) is 0 Å². The molecule has 6 heteroatoms. The topological polar surface area (TPSA) is 118 Å². The molecule has 0 aliphatic heterocycles. The van der Waals surface area contributed by atoms with Crippen LogP contribution >= 0.6 is 0 Å². The van der Waals surface area contributed by atoms with E-state index in [0.29, 0.717) is 6.42 Å². The van der Waals surface area contributed by atoms with E-state index in [1.54, 1.807) is 0 Å². The third-order valence-corrected chi connectivity index (χ3v) is 5.83. The van der Waals surface area contributed by atoms with Crippen molar-refractivity contribution in [3.63, 3.8) is 0 Å². The summed E-state index contributed by atoms with van der Waals surface area (Å²) in [5.41, 5.74) is 0. The van der Waals surface area contributed by atoms with Crippen molar-refractivity contribution >= 4 is 5.97 Å². The maximum atomic E-state index is 11.8. The Morgan fingerprint density at radius 1 is 0.733 bits per heavy atom. The number of aliphatic hydroxyl groups is 3. The van der Waals surface area contributed by atoms with Crippen LogP contribution < -0.4 is 0 Å². The third kappa shape index (κ3) is 18.1. The zero-order valence-electron chi connectivity index (χ0n) is 20.1. The van der Waals surface area contributed by atoms with E-state index in [1.165, 1.54) is 44.9 Å². The summed E-state index contributed by atoms with van der Waals surface area (Å²) in [6.45, 7) is 10.5. The van der Waals surface area contributed by atoms with Gasteiger partial charge in [-0.15, -0.1) is 0 Å². The number of rotatable bonds is 18. The van der Waals surface area contributed by atoms with Crippen molar-refractivity contribution in [2.45, 2.75) is 111 Å². The van der Waals surface area contributed by atoms with Crippen molar-refractivity contribution in [3.05, 3.63) is 0 Å². The SMILES string of the molecule is CC(C)CCCC(C)CCCC(C)CCCC(C)CC(=O)OC[C@H](O)[C@H](O)CO.O. The molecular weight excluding hydrogens is 384 g/mol. The molecule has 0 fully saturated rings. The monoisotopic (exact) mass is 434 g/mol. The van der Waals surface area contributed by atoms with Gasteiger partial charge >= 0.3 is 5.97 Å². The minimum Gasteiger partial charge on any atom is -0.463 e. The quantitative estimate of drug-likeness (QED) is 0.283. The molecule has 182 valence electrons. The van der Waals surface area contributed by atoms with Gasteiger partial charge in [-0.05, 0) is 23.7 Å². The van der Waals surface area contributed by atoms with E-state index in [-0.39, 0.29) is 24.0 Å². The Morgan fingerprint density at radius 2 is 1.17 bits per heavy atom. The molecule has 0 aromatic rings. The van der Waals surface area contributed by atoms with Crippen molar-refractivity contribution in [3.8, 4) is 0 Å². The molecule has 6 nitrogen and oxygen atoms in total. The smallest absolute Gasteiger partial charge is 0.306 e. The molecule has 0 aromatic carbocycles. The first-order valence-corrected chi connectivity index (χ1v) is 11.8. The van der Waals surface area contributed by atoms with E-state index in [9.17, 15) is 15.0 Å². The van der Waals surface area contributed by atoms with Crippen molar-refractivity contribution in [2.75, 3.05) is 13.2 Å². The van der Waals surface area contributed by atoms with Gasteiger partial charge < -0.3 is 25.5 Å². The van der Waals surface area contributed by atoms with Gasteiger partial charge in [-0.1, -0.05) is 92.4 Å². The molecule has 0 bridgehead atoms. The highest BCUT2D eigenvalue weighted by Crippen LogP contribution is 2.22. The Labute approximate surface area is 184 Å². The molecule has 0 heterocycles. The van der Waals surface area contributed by atoms with E-state index in [1.807, 2.05) is 6.92 Å². The molecule has 0 amide bonds. The normalized spacial score (nSPS) is 16.4. The molecule has 0 rings (SSSR count). The zero-order chi connectivity index (χ0) is 22.2. The highest BCUT2D eigenvalue weighted by molar-refractivity contribution is 5.69. The summed E-state index contributed by atoms with van der Waals surface area (Å²) >= 11 is 0. The van der Waals surface area contributed by atoms with Gasteiger partial charge in [0.2, 0.25) is 0 Å². The molecule has 0 radical (unpaired) electrons. The number of esters is 1. The Kier molecular flexibility index (Phi) is 20.0. The lowest BCUT2D eigenvalue weighted by Gasteiger charge is -2.17. The maximum absolute atomic E-state index is 11.8. The predicted molar refractivity (Wildman–Crippen MR) is 122 cm³/mol. The molecule has 0 aliphatic rings. The van der Waals surface area contributed by atoms with Crippen LogP contribution in [0, 0.1) is 23.7 Å². The zero-order valence-corrected chi connectivity index (χ0v) is 20.1. The molecule has 0 saturated carbocycles. The standard InChI is InChI=1S/C24H48O5.H2O/c1-18(2)9-6-10-19(3)11-7-12-20(4)13-8-14-21(5)15-24(28)29-17-23(27)22(26)16-25;/h18-23,25-27H,6-17H2,1-5H3;1H2/t19?,20?,21?,22-,23+;/m1./s1. The lowest BCUT2D eigenvalue weighted by molar-refractivity contribution is -0.150. The van der Waals surface area contributed by atoms with Gasteiger partial charge in [0.15, 0.2) is 0 Å². The molecular formula is C24H50O6. The summed E-state index contributed by atoms with van der Waals surface area (Å²) in [5.74, 6) is 2.27. The number of carbonyl (C=O) groups excluding carboxylic acids is 1. The Hall–Kier alpha value is -0.690. The molecule has 5 N–H and O–H groups in total. The van der Waals surface area contributed by atoms with Crippen LogP contribution in [0.3, 0.4) is 0 Å². The summed E-state index contributed by atoms with van der Waals surface area (Å²) in [4.78, 5) is 11.8. The van der Waals surface area contributed by atoms with Gasteiger partial charge in [0.1, 0.15) is 18.8 Å². The molecule has 0 spiro atoms.